The van der Waals surface area contributed by atoms with Crippen molar-refractivity contribution in [2.75, 3.05) is 13.1 Å². The molecular formula is C20H35NO. The molecule has 0 spiro atoms. The average Bonchev–Trinajstić information content (AvgIpc) is 2.48. The summed E-state index contributed by atoms with van der Waals surface area (Å²) >= 11 is 0. The normalized spacial score (nSPS) is 35.8. The summed E-state index contributed by atoms with van der Waals surface area (Å²) in [7, 11) is 0. The lowest BCUT2D eigenvalue weighted by molar-refractivity contribution is -0.132. The van der Waals surface area contributed by atoms with E-state index in [2.05, 4.69) is 11.8 Å². The Labute approximate surface area is 137 Å². The maximum Gasteiger partial charge on any atom is 0.222 e. The van der Waals surface area contributed by atoms with Gasteiger partial charge in [0, 0.05) is 19.5 Å². The van der Waals surface area contributed by atoms with Crippen LogP contribution in [0.4, 0.5) is 0 Å². The molecule has 126 valence electrons. The minimum Gasteiger partial charge on any atom is -0.343 e. The number of amides is 1. The zero-order valence-corrected chi connectivity index (χ0v) is 14.8. The summed E-state index contributed by atoms with van der Waals surface area (Å²) in [6.45, 7) is 6.27. The molecule has 0 atom stereocenters. The number of carbonyl (C=O) groups is 1. The Balaban J connectivity index is 1.56. The van der Waals surface area contributed by atoms with Crippen LogP contribution in [0, 0.1) is 23.2 Å². The summed E-state index contributed by atoms with van der Waals surface area (Å²) in [6.07, 6.45) is 14.6. The number of hydrogen-bond acceptors (Lipinski definition) is 1. The molecule has 0 N–H and O–H groups in total. The van der Waals surface area contributed by atoms with Crippen LogP contribution in [0.2, 0.25) is 0 Å². The van der Waals surface area contributed by atoms with Gasteiger partial charge in [0.05, 0.1) is 0 Å². The maximum atomic E-state index is 12.2. The molecular weight excluding hydrogens is 270 g/mol. The van der Waals surface area contributed by atoms with E-state index in [1.54, 1.807) is 0 Å². The molecule has 0 aromatic carbocycles. The summed E-state index contributed by atoms with van der Waals surface area (Å²) < 4.78 is 0. The van der Waals surface area contributed by atoms with Gasteiger partial charge in [-0.2, -0.15) is 0 Å². The highest BCUT2D eigenvalue weighted by atomic mass is 16.2. The molecule has 0 radical (unpaired) electrons. The lowest BCUT2D eigenvalue weighted by Gasteiger charge is -2.57. The fourth-order valence-corrected chi connectivity index (χ4v) is 6.11. The molecule has 0 unspecified atom stereocenters. The van der Waals surface area contributed by atoms with Gasteiger partial charge in [-0.05, 0) is 74.5 Å². The number of rotatable bonds is 8. The van der Waals surface area contributed by atoms with Crippen LogP contribution in [0.1, 0.15) is 84.5 Å². The molecule has 0 aliphatic heterocycles. The van der Waals surface area contributed by atoms with Gasteiger partial charge in [0.15, 0.2) is 0 Å². The van der Waals surface area contributed by atoms with Crippen LogP contribution < -0.4 is 0 Å². The highest BCUT2D eigenvalue weighted by Crippen LogP contribution is 2.61. The molecule has 4 saturated carbocycles. The lowest BCUT2D eigenvalue weighted by atomic mass is 9.49. The molecule has 22 heavy (non-hydrogen) atoms. The number of carbonyl (C=O) groups excluding carboxylic acids is 1. The van der Waals surface area contributed by atoms with Gasteiger partial charge in [-0.25, -0.2) is 0 Å². The first-order valence-corrected chi connectivity index (χ1v) is 9.92. The minimum absolute atomic E-state index is 0.376. The van der Waals surface area contributed by atoms with Gasteiger partial charge in [-0.15, -0.1) is 0 Å². The Bertz CT molecular complexity index is 354. The quantitative estimate of drug-likeness (QED) is 0.576. The van der Waals surface area contributed by atoms with Crippen molar-refractivity contribution in [3.63, 3.8) is 0 Å². The van der Waals surface area contributed by atoms with Crippen molar-refractivity contribution in [2.45, 2.75) is 84.5 Å². The third-order valence-corrected chi connectivity index (χ3v) is 6.76. The van der Waals surface area contributed by atoms with Crippen molar-refractivity contribution in [1.82, 2.24) is 4.90 Å². The van der Waals surface area contributed by atoms with Crippen LogP contribution in [-0.2, 0) is 4.79 Å². The SMILES string of the molecule is CCCCCN(CCC12CC3CC(CC(C3)C1)C2)C(=O)CC. The van der Waals surface area contributed by atoms with Gasteiger partial charge in [-0.1, -0.05) is 26.7 Å². The molecule has 4 fully saturated rings. The zero-order valence-electron chi connectivity index (χ0n) is 14.8. The summed E-state index contributed by atoms with van der Waals surface area (Å²) in [6, 6.07) is 0. The second-order valence-electron chi connectivity index (χ2n) is 8.61. The molecule has 0 aromatic heterocycles. The first-order chi connectivity index (χ1) is 10.6. The van der Waals surface area contributed by atoms with Gasteiger partial charge < -0.3 is 4.90 Å². The van der Waals surface area contributed by atoms with E-state index in [1.165, 1.54) is 64.2 Å². The zero-order chi connectivity index (χ0) is 15.6. The topological polar surface area (TPSA) is 20.3 Å². The van der Waals surface area contributed by atoms with Crippen LogP contribution in [-0.4, -0.2) is 23.9 Å². The lowest BCUT2D eigenvalue weighted by Crippen LogP contribution is -2.47. The molecule has 4 aliphatic carbocycles. The largest absolute Gasteiger partial charge is 0.343 e. The molecule has 2 heteroatoms. The Morgan fingerprint density at radius 2 is 1.55 bits per heavy atom. The Hall–Kier alpha value is -0.530. The van der Waals surface area contributed by atoms with E-state index in [1.807, 2.05) is 6.92 Å². The first-order valence-electron chi connectivity index (χ1n) is 9.92. The highest BCUT2D eigenvalue weighted by molar-refractivity contribution is 5.75. The summed E-state index contributed by atoms with van der Waals surface area (Å²) in [5.74, 6) is 3.46. The summed E-state index contributed by atoms with van der Waals surface area (Å²) in [5, 5.41) is 0. The number of unbranched alkanes of at least 4 members (excludes halogenated alkanes) is 2. The second kappa shape index (κ2) is 6.93. The molecule has 1 amide bonds. The van der Waals surface area contributed by atoms with Crippen LogP contribution in [0.5, 0.6) is 0 Å². The fraction of sp³-hybridized carbons (Fsp3) is 0.950. The molecule has 4 bridgehead atoms. The van der Waals surface area contributed by atoms with E-state index >= 15 is 0 Å². The second-order valence-corrected chi connectivity index (χ2v) is 8.61. The van der Waals surface area contributed by atoms with Crippen molar-refractivity contribution < 1.29 is 4.79 Å². The van der Waals surface area contributed by atoms with Gasteiger partial charge in [0.2, 0.25) is 5.91 Å². The van der Waals surface area contributed by atoms with E-state index < -0.39 is 0 Å². The third-order valence-electron chi connectivity index (χ3n) is 6.76. The van der Waals surface area contributed by atoms with E-state index in [-0.39, 0.29) is 0 Å². The molecule has 0 aromatic rings. The summed E-state index contributed by atoms with van der Waals surface area (Å²) in [5.41, 5.74) is 0.617. The predicted octanol–water partition coefficient (Wildman–Crippen LogP) is 5.02. The van der Waals surface area contributed by atoms with Crippen molar-refractivity contribution >= 4 is 5.91 Å². The van der Waals surface area contributed by atoms with E-state index in [9.17, 15) is 4.79 Å². The maximum absolute atomic E-state index is 12.2. The average molecular weight is 306 g/mol. The van der Waals surface area contributed by atoms with Crippen molar-refractivity contribution in [3.05, 3.63) is 0 Å². The molecule has 2 nitrogen and oxygen atoms in total. The van der Waals surface area contributed by atoms with Crippen molar-refractivity contribution in [2.24, 2.45) is 23.2 Å². The Morgan fingerprint density at radius 1 is 0.955 bits per heavy atom. The van der Waals surface area contributed by atoms with Crippen molar-refractivity contribution in [3.8, 4) is 0 Å². The van der Waals surface area contributed by atoms with Crippen LogP contribution in [0.15, 0.2) is 0 Å². The highest BCUT2D eigenvalue weighted by Gasteiger charge is 2.50. The Kier molecular flexibility index (Phi) is 5.14. The monoisotopic (exact) mass is 305 g/mol. The number of nitrogens with zero attached hydrogens (tertiary/aromatic N) is 1. The van der Waals surface area contributed by atoms with Crippen molar-refractivity contribution in [1.29, 1.82) is 0 Å². The fourth-order valence-electron chi connectivity index (χ4n) is 6.11. The molecule has 0 heterocycles. The smallest absolute Gasteiger partial charge is 0.222 e. The van der Waals surface area contributed by atoms with Gasteiger partial charge in [-0.3, -0.25) is 4.79 Å². The Morgan fingerprint density at radius 3 is 2.05 bits per heavy atom. The predicted molar refractivity (Wildman–Crippen MR) is 91.6 cm³/mol. The van der Waals surface area contributed by atoms with E-state index in [0.29, 0.717) is 17.7 Å². The standard InChI is InChI=1S/C20H35NO/c1-3-5-6-8-21(19(22)4-2)9-7-20-13-16-10-17(14-20)12-18(11-16)15-20/h16-18H,3-15H2,1-2H3. The van der Waals surface area contributed by atoms with Crippen LogP contribution >= 0.6 is 0 Å². The minimum atomic E-state index is 0.376. The van der Waals surface area contributed by atoms with E-state index in [4.69, 9.17) is 0 Å². The van der Waals surface area contributed by atoms with E-state index in [0.717, 1.165) is 30.8 Å². The van der Waals surface area contributed by atoms with Gasteiger partial charge in [0.25, 0.3) is 0 Å². The van der Waals surface area contributed by atoms with Gasteiger partial charge in [0.1, 0.15) is 0 Å². The van der Waals surface area contributed by atoms with Crippen LogP contribution in [0.25, 0.3) is 0 Å². The first kappa shape index (κ1) is 16.3. The van der Waals surface area contributed by atoms with Gasteiger partial charge >= 0.3 is 0 Å². The third kappa shape index (κ3) is 3.51. The molecule has 4 rings (SSSR count). The number of hydrogen-bond donors (Lipinski definition) is 0. The molecule has 0 saturated heterocycles. The molecule has 4 aliphatic rings. The van der Waals surface area contributed by atoms with Crippen LogP contribution in [0.3, 0.4) is 0 Å². The summed E-state index contributed by atoms with van der Waals surface area (Å²) in [4.78, 5) is 14.4.